The van der Waals surface area contributed by atoms with Crippen LogP contribution in [0.2, 0.25) is 0 Å². The lowest BCUT2D eigenvalue weighted by atomic mass is 10.2. The zero-order valence-electron chi connectivity index (χ0n) is 10.5. The van der Waals surface area contributed by atoms with Gasteiger partial charge < -0.3 is 4.90 Å². The highest BCUT2D eigenvalue weighted by Crippen LogP contribution is 2.30. The number of rotatable bonds is 5. The van der Waals surface area contributed by atoms with Gasteiger partial charge in [0.15, 0.2) is 9.84 Å². The summed E-state index contributed by atoms with van der Waals surface area (Å²) in [5.41, 5.74) is -0.00369. The van der Waals surface area contributed by atoms with Gasteiger partial charge in [-0.05, 0) is 12.1 Å². The fourth-order valence-electron chi connectivity index (χ4n) is 1.54. The van der Waals surface area contributed by atoms with Crippen LogP contribution in [0.15, 0.2) is 23.1 Å². The molecule has 0 saturated carbocycles. The molecule has 1 rings (SSSR count). The van der Waals surface area contributed by atoms with Gasteiger partial charge in [-0.1, -0.05) is 0 Å². The van der Waals surface area contributed by atoms with Crippen LogP contribution in [0, 0.1) is 21.4 Å². The highest BCUT2D eigenvalue weighted by molar-refractivity contribution is 7.90. The minimum atomic E-state index is -3.49. The minimum Gasteiger partial charge on any atom is -0.368 e. The van der Waals surface area contributed by atoms with E-state index in [1.54, 1.807) is 11.9 Å². The first-order valence-electron chi connectivity index (χ1n) is 5.34. The molecule has 0 N–H and O–H groups in total. The third-order valence-corrected chi connectivity index (χ3v) is 3.65. The summed E-state index contributed by atoms with van der Waals surface area (Å²) in [5.74, 6) is 0. The van der Waals surface area contributed by atoms with Crippen LogP contribution in [0.3, 0.4) is 0 Å². The molecular weight excluding hydrogens is 270 g/mol. The highest BCUT2D eigenvalue weighted by atomic mass is 32.2. The van der Waals surface area contributed by atoms with Gasteiger partial charge in [0.05, 0.1) is 22.3 Å². The number of hydrogen-bond donors (Lipinski definition) is 0. The Hall–Kier alpha value is -2.14. The van der Waals surface area contributed by atoms with E-state index >= 15 is 0 Å². The number of nitro benzene ring substituents is 1. The molecule has 8 heteroatoms. The summed E-state index contributed by atoms with van der Waals surface area (Å²) in [4.78, 5) is 11.8. The molecule has 0 aromatic heterocycles. The van der Waals surface area contributed by atoms with E-state index in [0.717, 1.165) is 12.3 Å². The van der Waals surface area contributed by atoms with Crippen molar-refractivity contribution in [2.45, 2.75) is 11.3 Å². The van der Waals surface area contributed by atoms with E-state index in [0.29, 0.717) is 6.54 Å². The third-order valence-electron chi connectivity index (χ3n) is 2.54. The van der Waals surface area contributed by atoms with Crippen LogP contribution >= 0.6 is 0 Å². The predicted octanol–water partition coefficient (Wildman–Crippen LogP) is 1.35. The van der Waals surface area contributed by atoms with Crippen LogP contribution in [-0.4, -0.2) is 33.2 Å². The molecule has 7 nitrogen and oxygen atoms in total. The summed E-state index contributed by atoms with van der Waals surface area (Å²) >= 11 is 0. The maximum Gasteiger partial charge on any atom is 0.293 e. The largest absolute Gasteiger partial charge is 0.368 e. The van der Waals surface area contributed by atoms with E-state index in [1.807, 2.05) is 6.07 Å². The van der Waals surface area contributed by atoms with Crippen LogP contribution in [0.25, 0.3) is 0 Å². The van der Waals surface area contributed by atoms with Crippen molar-refractivity contribution in [1.82, 2.24) is 0 Å². The second-order valence-corrected chi connectivity index (χ2v) is 6.03. The number of hydrogen-bond acceptors (Lipinski definition) is 6. The Bertz CT molecular complexity index is 634. The van der Waals surface area contributed by atoms with Crippen LogP contribution in [0.1, 0.15) is 6.42 Å². The van der Waals surface area contributed by atoms with E-state index in [4.69, 9.17) is 5.26 Å². The van der Waals surface area contributed by atoms with Crippen molar-refractivity contribution in [2.75, 3.05) is 24.7 Å². The molecule has 0 aliphatic heterocycles. The molecule has 0 unspecified atom stereocenters. The van der Waals surface area contributed by atoms with E-state index in [9.17, 15) is 18.5 Å². The van der Waals surface area contributed by atoms with Gasteiger partial charge in [-0.3, -0.25) is 10.1 Å². The van der Waals surface area contributed by atoms with Gasteiger partial charge in [0.1, 0.15) is 5.69 Å². The highest BCUT2D eigenvalue weighted by Gasteiger charge is 2.20. The van der Waals surface area contributed by atoms with Crippen molar-refractivity contribution < 1.29 is 13.3 Å². The lowest BCUT2D eigenvalue weighted by Crippen LogP contribution is -2.19. The average molecular weight is 283 g/mol. The number of benzene rings is 1. The minimum absolute atomic E-state index is 0.100. The number of sulfone groups is 1. The third kappa shape index (κ3) is 3.66. The van der Waals surface area contributed by atoms with E-state index in [-0.39, 0.29) is 22.7 Å². The standard InChI is InChI=1S/C11H13N3O4S/c1-13(7-3-6-12)10-5-4-9(19(2,17)18)8-11(10)14(15)16/h4-5,8H,3,7H2,1-2H3. The van der Waals surface area contributed by atoms with E-state index in [1.165, 1.54) is 12.1 Å². The molecule has 1 aromatic carbocycles. The first kappa shape index (κ1) is 14.9. The Morgan fingerprint density at radius 1 is 1.47 bits per heavy atom. The maximum atomic E-state index is 11.4. The van der Waals surface area contributed by atoms with Gasteiger partial charge in [-0.15, -0.1) is 0 Å². The number of nitriles is 1. The summed E-state index contributed by atoms with van der Waals surface area (Å²) in [5, 5.41) is 19.5. The molecule has 102 valence electrons. The van der Waals surface area contributed by atoms with Gasteiger partial charge >= 0.3 is 0 Å². The van der Waals surface area contributed by atoms with E-state index in [2.05, 4.69) is 0 Å². The van der Waals surface area contributed by atoms with Crippen molar-refractivity contribution in [3.05, 3.63) is 28.3 Å². The van der Waals surface area contributed by atoms with Crippen molar-refractivity contribution in [1.29, 1.82) is 5.26 Å². The first-order chi connectivity index (χ1) is 8.77. The van der Waals surface area contributed by atoms with Gasteiger partial charge in [0.25, 0.3) is 5.69 Å². The molecule has 0 fully saturated rings. The molecule has 0 bridgehead atoms. The van der Waals surface area contributed by atoms with Crippen LogP contribution in [0.4, 0.5) is 11.4 Å². The summed E-state index contributed by atoms with van der Waals surface area (Å²) in [6, 6.07) is 5.68. The molecule has 19 heavy (non-hydrogen) atoms. The summed E-state index contributed by atoms with van der Waals surface area (Å²) in [7, 11) is -1.88. The second kappa shape index (κ2) is 5.67. The normalized spacial score (nSPS) is 10.8. The Labute approximate surface area is 111 Å². The topological polar surface area (TPSA) is 104 Å². The van der Waals surface area contributed by atoms with E-state index < -0.39 is 14.8 Å². The monoisotopic (exact) mass is 283 g/mol. The van der Waals surface area contributed by atoms with Crippen molar-refractivity contribution in [3.63, 3.8) is 0 Å². The zero-order chi connectivity index (χ0) is 14.6. The quantitative estimate of drug-likeness (QED) is 0.596. The molecule has 0 aliphatic carbocycles. The molecule has 0 heterocycles. The zero-order valence-corrected chi connectivity index (χ0v) is 11.3. The second-order valence-electron chi connectivity index (χ2n) is 4.01. The van der Waals surface area contributed by atoms with Crippen molar-refractivity contribution in [2.24, 2.45) is 0 Å². The smallest absolute Gasteiger partial charge is 0.293 e. The maximum absolute atomic E-state index is 11.4. The molecule has 0 aliphatic rings. The lowest BCUT2D eigenvalue weighted by Gasteiger charge is -2.17. The van der Waals surface area contributed by atoms with Crippen LogP contribution < -0.4 is 4.90 Å². The molecule has 0 amide bonds. The van der Waals surface area contributed by atoms with Gasteiger partial charge in [0, 0.05) is 25.9 Å². The molecule has 0 saturated heterocycles. The number of nitro groups is 1. The Balaban J connectivity index is 3.27. The summed E-state index contributed by atoms with van der Waals surface area (Å²) in [6.07, 6.45) is 1.21. The average Bonchev–Trinajstić information content (AvgIpc) is 2.34. The SMILES string of the molecule is CN(CCC#N)c1ccc(S(C)(=O)=O)cc1[N+](=O)[O-]. The number of anilines is 1. The fourth-order valence-corrected chi connectivity index (χ4v) is 2.18. The van der Waals surface area contributed by atoms with Gasteiger partial charge in [-0.2, -0.15) is 5.26 Å². The first-order valence-corrected chi connectivity index (χ1v) is 7.23. The Morgan fingerprint density at radius 3 is 2.58 bits per heavy atom. The van der Waals surface area contributed by atoms with Crippen molar-refractivity contribution >= 4 is 21.2 Å². The van der Waals surface area contributed by atoms with Crippen LogP contribution in [-0.2, 0) is 9.84 Å². The molecule has 1 aromatic rings. The van der Waals surface area contributed by atoms with Gasteiger partial charge in [-0.25, -0.2) is 8.42 Å². The fraction of sp³-hybridized carbons (Fsp3) is 0.364. The molecule has 0 spiro atoms. The number of nitrogens with zero attached hydrogens (tertiary/aromatic N) is 3. The van der Waals surface area contributed by atoms with Crippen molar-refractivity contribution in [3.8, 4) is 6.07 Å². The predicted molar refractivity (Wildman–Crippen MR) is 69.7 cm³/mol. The lowest BCUT2D eigenvalue weighted by molar-refractivity contribution is -0.384. The Morgan fingerprint density at radius 2 is 2.11 bits per heavy atom. The van der Waals surface area contributed by atoms with Crippen LogP contribution in [0.5, 0.6) is 0 Å². The Kier molecular flexibility index (Phi) is 4.45. The molecular formula is C11H13N3O4S. The summed E-state index contributed by atoms with van der Waals surface area (Å²) < 4.78 is 22.8. The summed E-state index contributed by atoms with van der Waals surface area (Å²) in [6.45, 7) is 0.329. The molecule has 0 radical (unpaired) electrons. The molecule has 0 atom stereocenters. The van der Waals surface area contributed by atoms with Gasteiger partial charge in [0.2, 0.25) is 0 Å².